The molecule has 0 bridgehead atoms. The first-order valence-electron chi connectivity index (χ1n) is 0.897. The van der Waals surface area contributed by atoms with Crippen LogP contribution in [0.3, 0.4) is 0 Å². The average Bonchev–Trinajstić information content (AvgIpc) is 1.35. The van der Waals surface area contributed by atoms with Crippen molar-refractivity contribution in [1.29, 1.82) is 0 Å². The molecule has 0 aliphatic rings. The number of rotatable bonds is 1. The van der Waals surface area contributed by atoms with Crippen molar-refractivity contribution in [2.75, 3.05) is 0 Å². The van der Waals surface area contributed by atoms with Crippen LogP contribution in [0.5, 0.6) is 0 Å². The summed E-state index contributed by atoms with van der Waals surface area (Å²) >= 11 is 0.304. The average molecular weight is 349 g/mol. The fourth-order valence-electron chi connectivity index (χ4n) is 0. The molecule has 0 rings (SSSR count). The van der Waals surface area contributed by atoms with Crippen molar-refractivity contribution in [3.8, 4) is 0 Å². The molecule has 0 saturated heterocycles. The summed E-state index contributed by atoms with van der Waals surface area (Å²) in [4.78, 5) is 18.5. The molecule has 0 spiro atoms. The molecule has 0 aliphatic carbocycles. The minimum Gasteiger partial charge on any atom is 0.187 e. The minimum absolute atomic E-state index is 0. The molecule has 0 amide bonds. The smallest absolute Gasteiger partial charge is 0.187 e. The summed E-state index contributed by atoms with van der Waals surface area (Å²) in [7, 11) is -4.61. The van der Waals surface area contributed by atoms with Crippen molar-refractivity contribution in [1.82, 2.24) is 0 Å². The van der Waals surface area contributed by atoms with Gasteiger partial charge in [0, 0.05) is 0 Å². The van der Waals surface area contributed by atoms with Gasteiger partial charge in [0.15, 0.2) is 17.4 Å². The van der Waals surface area contributed by atoms with E-state index >= 15 is 0 Å². The maximum atomic E-state index is 9.27. The van der Waals surface area contributed by atoms with Crippen LogP contribution in [0.1, 0.15) is 0 Å². The third-order valence-electron chi connectivity index (χ3n) is 0.0913. The van der Waals surface area contributed by atoms with E-state index in [1.165, 1.54) is 0 Å². The van der Waals surface area contributed by atoms with Crippen LogP contribution in [-0.2, 0) is 27.9 Å². The second-order valence-corrected chi connectivity index (χ2v) is 3.17. The van der Waals surface area contributed by atoms with Crippen LogP contribution in [-0.4, -0.2) is 55.1 Å². The second-order valence-electron chi connectivity index (χ2n) is 0.522. The van der Waals surface area contributed by atoms with Crippen LogP contribution < -0.4 is 9.79 Å². The Labute approximate surface area is 99.1 Å². The Morgan fingerprint density at radius 2 is 1.62 bits per heavy atom. The first-order valence-corrected chi connectivity index (χ1v) is 3.56. The second kappa shape index (κ2) is 7.69. The third-order valence-corrected chi connectivity index (χ3v) is 2.24. The standard InChI is InChI=1S/Al.Ca.H3O4P.W.3H/c;;1-5(2,3)4;;;;/h;;(H3,1,2,3,4);;;;/q;+2;;+1;;;/p-3. The molecule has 8 heteroatoms. The molecule has 0 aromatic carbocycles. The van der Waals surface area contributed by atoms with Crippen LogP contribution in [0, 0.1) is 0 Å². The van der Waals surface area contributed by atoms with Gasteiger partial charge in [-0.3, -0.25) is 0 Å². The summed E-state index contributed by atoms with van der Waals surface area (Å²) in [5, 5.41) is 0. The van der Waals surface area contributed by atoms with Crippen molar-refractivity contribution < 1.29 is 37.7 Å². The predicted octanol–water partition coefficient (Wildman–Crippen LogP) is -3.27. The Morgan fingerprint density at radius 1 is 1.50 bits per heavy atom. The molecular formula is H3AlCaO4PW. The van der Waals surface area contributed by atoms with E-state index in [1.54, 1.807) is 0 Å². The molecule has 0 N–H and O–H groups in total. The molecule has 0 atom stereocenters. The Kier molecular flexibility index (Phi) is 16.3. The zero-order valence-electron chi connectivity index (χ0n) is 3.20. The van der Waals surface area contributed by atoms with E-state index < -0.39 is 7.82 Å². The Morgan fingerprint density at radius 3 is 1.62 bits per heavy atom. The van der Waals surface area contributed by atoms with Gasteiger partial charge in [0.1, 0.15) is 0 Å². The van der Waals surface area contributed by atoms with E-state index in [0.29, 0.717) is 20.2 Å². The molecule has 0 aliphatic heterocycles. The van der Waals surface area contributed by atoms with Crippen LogP contribution in [0.15, 0.2) is 0 Å². The van der Waals surface area contributed by atoms with E-state index in [9.17, 15) is 14.4 Å². The van der Waals surface area contributed by atoms with Crippen LogP contribution >= 0.6 is 7.82 Å². The normalized spacial score (nSPS) is 8.75. The van der Waals surface area contributed by atoms with Crippen LogP contribution in [0.2, 0.25) is 0 Å². The maximum absolute atomic E-state index is 9.27. The van der Waals surface area contributed by atoms with E-state index in [2.05, 4.69) is 3.18 Å². The number of hydrogen-bond donors (Lipinski definition) is 0. The van der Waals surface area contributed by atoms with E-state index in [1.807, 2.05) is 0 Å². The molecule has 0 heterocycles. The van der Waals surface area contributed by atoms with E-state index in [0.717, 1.165) is 0 Å². The van der Waals surface area contributed by atoms with Gasteiger partial charge < -0.3 is 0 Å². The zero-order valence-corrected chi connectivity index (χ0v) is 9.23. The van der Waals surface area contributed by atoms with Gasteiger partial charge in [-0.1, -0.05) is 0 Å². The van der Waals surface area contributed by atoms with Crippen molar-refractivity contribution in [3.63, 3.8) is 0 Å². The Bertz CT molecular complexity index is 80.1. The van der Waals surface area contributed by atoms with Gasteiger partial charge in [0.25, 0.3) is 0 Å². The fraction of sp³-hybridized carbons (Fsp3) is 0. The molecule has 0 unspecified atom stereocenters. The maximum Gasteiger partial charge on any atom is 2.00 e. The SMILES string of the molecule is O=P([O-])([O-])[O][W].[AlH3].[Ca+2]. The number of phosphoric acid groups is 1. The summed E-state index contributed by atoms with van der Waals surface area (Å²) in [6, 6.07) is 0. The van der Waals surface area contributed by atoms with Gasteiger partial charge in [0.2, 0.25) is 0 Å². The summed E-state index contributed by atoms with van der Waals surface area (Å²) in [6.45, 7) is 0. The molecule has 8 heavy (non-hydrogen) atoms. The van der Waals surface area contributed by atoms with E-state index in [4.69, 9.17) is 0 Å². The molecule has 0 fully saturated rings. The van der Waals surface area contributed by atoms with E-state index in [-0.39, 0.29) is 55.1 Å². The van der Waals surface area contributed by atoms with Crippen LogP contribution in [0.4, 0.5) is 0 Å². The largest absolute Gasteiger partial charge is 2.00 e. The van der Waals surface area contributed by atoms with Gasteiger partial charge in [-0.25, -0.2) is 0 Å². The van der Waals surface area contributed by atoms with Gasteiger partial charge in [-0.05, 0) is 0 Å². The molecule has 0 aromatic heterocycles. The molecular weight excluding hydrogens is 346 g/mol. The third kappa shape index (κ3) is 15.8. The monoisotopic (exact) mass is 349 g/mol. The predicted molar refractivity (Wildman–Crippen MR) is 24.4 cm³/mol. The van der Waals surface area contributed by atoms with Crippen LogP contribution in [0.25, 0.3) is 0 Å². The van der Waals surface area contributed by atoms with Gasteiger partial charge in [-0.15, -0.1) is 0 Å². The Balaban J connectivity index is -0.000000125. The quantitative estimate of drug-likeness (QED) is 0.368. The van der Waals surface area contributed by atoms with Crippen molar-refractivity contribution >= 4 is 62.9 Å². The minimum atomic E-state index is -4.61. The fourth-order valence-corrected chi connectivity index (χ4v) is 0. The molecule has 43 valence electrons. The topological polar surface area (TPSA) is 72.4 Å². The summed E-state index contributed by atoms with van der Waals surface area (Å²) < 4.78 is 12.7. The van der Waals surface area contributed by atoms with Crippen molar-refractivity contribution in [2.45, 2.75) is 0 Å². The summed E-state index contributed by atoms with van der Waals surface area (Å²) in [5.41, 5.74) is 0. The molecule has 0 radical (unpaired) electrons. The molecule has 4 nitrogen and oxygen atoms in total. The Hall–Kier alpha value is 2.59. The van der Waals surface area contributed by atoms with Crippen molar-refractivity contribution in [2.24, 2.45) is 0 Å². The van der Waals surface area contributed by atoms with Crippen molar-refractivity contribution in [3.05, 3.63) is 0 Å². The zero-order chi connectivity index (χ0) is 5.21. The summed E-state index contributed by atoms with van der Waals surface area (Å²) in [6.07, 6.45) is 0. The molecule has 0 aromatic rings. The van der Waals surface area contributed by atoms with Gasteiger partial charge >= 0.3 is 83.3 Å². The first kappa shape index (κ1) is 16.9. The number of hydrogen-bond acceptors (Lipinski definition) is 4. The van der Waals surface area contributed by atoms with Gasteiger partial charge in [-0.2, -0.15) is 0 Å². The first-order chi connectivity index (χ1) is 2.56. The molecule has 0 saturated carbocycles. The summed E-state index contributed by atoms with van der Waals surface area (Å²) in [5.74, 6) is 0. The van der Waals surface area contributed by atoms with Gasteiger partial charge in [0.05, 0.1) is 0 Å².